The highest BCUT2D eigenvalue weighted by molar-refractivity contribution is 7.10. The summed E-state index contributed by atoms with van der Waals surface area (Å²) in [6.45, 7) is 6.74. The van der Waals surface area contributed by atoms with Gasteiger partial charge in [0.25, 0.3) is 0 Å². The lowest BCUT2D eigenvalue weighted by molar-refractivity contribution is 0.482. The van der Waals surface area contributed by atoms with Crippen LogP contribution in [0.2, 0.25) is 0 Å². The minimum absolute atomic E-state index is 0. The van der Waals surface area contributed by atoms with Crippen LogP contribution in [0.5, 0.6) is 0 Å². The van der Waals surface area contributed by atoms with Gasteiger partial charge in [-0.2, -0.15) is 9.49 Å². The van der Waals surface area contributed by atoms with Crippen molar-refractivity contribution in [2.24, 2.45) is 5.92 Å². The number of halogens is 2. The molecule has 0 fully saturated rings. The first-order valence-electron chi connectivity index (χ1n) is 6.10. The lowest BCUT2D eigenvalue weighted by atomic mass is 10.2. The zero-order chi connectivity index (χ0) is 13.0. The second-order valence-corrected chi connectivity index (χ2v) is 5.89. The monoisotopic (exact) mass is 303 g/mol. The van der Waals surface area contributed by atoms with Crippen LogP contribution in [0.1, 0.15) is 24.3 Å². The molecule has 19 heavy (non-hydrogen) atoms. The Labute approximate surface area is 123 Å². The Balaban J connectivity index is 0.00000180. The van der Waals surface area contributed by atoms with E-state index in [1.165, 1.54) is 17.4 Å². The Hall–Kier alpha value is -0.910. The summed E-state index contributed by atoms with van der Waals surface area (Å²) >= 11 is 1.19. The average Bonchev–Trinajstić information content (AvgIpc) is 2.88. The molecule has 0 unspecified atom stereocenters. The maximum atomic E-state index is 12.8. The van der Waals surface area contributed by atoms with Gasteiger partial charge in [0, 0.05) is 36.3 Å². The predicted octanol–water partition coefficient (Wildman–Crippen LogP) is 3.45. The summed E-state index contributed by atoms with van der Waals surface area (Å²) in [7, 11) is 0. The van der Waals surface area contributed by atoms with Crippen LogP contribution >= 0.6 is 23.7 Å². The van der Waals surface area contributed by atoms with Crippen molar-refractivity contribution in [3.8, 4) is 0 Å². The van der Waals surface area contributed by atoms with Gasteiger partial charge in [0.15, 0.2) is 5.13 Å². The molecule has 3 nitrogen and oxygen atoms in total. The molecule has 0 amide bonds. The van der Waals surface area contributed by atoms with Crippen molar-refractivity contribution in [3.63, 3.8) is 0 Å². The fourth-order valence-electron chi connectivity index (χ4n) is 1.75. The van der Waals surface area contributed by atoms with Crippen LogP contribution in [0.15, 0.2) is 24.5 Å². The molecule has 0 bridgehead atoms. The third-order valence-corrected chi connectivity index (χ3v) is 3.37. The molecule has 2 rings (SSSR count). The fraction of sp³-hybridized carbons (Fsp3) is 0.462. The fourth-order valence-corrected chi connectivity index (χ4v) is 2.45. The van der Waals surface area contributed by atoms with E-state index < -0.39 is 0 Å². The van der Waals surface area contributed by atoms with Gasteiger partial charge in [-0.05, 0) is 18.1 Å². The van der Waals surface area contributed by atoms with Crippen LogP contribution < -0.4 is 5.32 Å². The Bertz CT molecular complexity index is 496. The molecule has 0 aromatic carbocycles. The number of aromatic nitrogens is 2. The van der Waals surface area contributed by atoms with E-state index in [-0.39, 0.29) is 17.5 Å². The van der Waals surface area contributed by atoms with Gasteiger partial charge in [-0.1, -0.05) is 13.8 Å². The largest absolute Gasteiger partial charge is 0.308 e. The third-order valence-electron chi connectivity index (χ3n) is 2.50. The first kappa shape index (κ1) is 16.1. The minimum atomic E-state index is -0.128. The second kappa shape index (κ2) is 7.62. The van der Waals surface area contributed by atoms with Gasteiger partial charge in [0.2, 0.25) is 0 Å². The molecule has 106 valence electrons. The number of nitrogens with one attached hydrogen (secondary N) is 1. The number of hydrogen-bond acceptors (Lipinski definition) is 3. The van der Waals surface area contributed by atoms with Gasteiger partial charge < -0.3 is 5.32 Å². The van der Waals surface area contributed by atoms with E-state index in [0.29, 0.717) is 12.5 Å². The molecule has 6 heteroatoms. The van der Waals surface area contributed by atoms with Crippen molar-refractivity contribution in [1.29, 1.82) is 0 Å². The quantitative estimate of drug-likeness (QED) is 0.886. The molecule has 0 aliphatic rings. The highest BCUT2D eigenvalue weighted by Crippen LogP contribution is 2.13. The van der Waals surface area contributed by atoms with Crippen molar-refractivity contribution in [1.82, 2.24) is 15.1 Å². The summed E-state index contributed by atoms with van der Waals surface area (Å²) in [6.07, 6.45) is 3.94. The van der Waals surface area contributed by atoms with E-state index >= 15 is 0 Å². The van der Waals surface area contributed by atoms with E-state index in [1.807, 2.05) is 16.9 Å². The molecule has 0 saturated carbocycles. The maximum absolute atomic E-state index is 12.8. The molecular formula is C13H19ClFN3S. The first-order valence-corrected chi connectivity index (χ1v) is 6.91. The van der Waals surface area contributed by atoms with Crippen molar-refractivity contribution < 1.29 is 4.39 Å². The van der Waals surface area contributed by atoms with Crippen molar-refractivity contribution in [3.05, 3.63) is 40.1 Å². The van der Waals surface area contributed by atoms with Gasteiger partial charge in [0.1, 0.15) is 0 Å². The van der Waals surface area contributed by atoms with E-state index in [2.05, 4.69) is 30.5 Å². The lowest BCUT2D eigenvalue weighted by Crippen LogP contribution is -2.11. The van der Waals surface area contributed by atoms with E-state index in [1.54, 1.807) is 0 Å². The smallest absolute Gasteiger partial charge is 0.176 e. The molecule has 2 aromatic rings. The molecular weight excluding hydrogens is 285 g/mol. The molecule has 0 aliphatic heterocycles. The number of rotatable bonds is 6. The van der Waals surface area contributed by atoms with Gasteiger partial charge in [-0.25, -0.2) is 0 Å². The minimum Gasteiger partial charge on any atom is -0.308 e. The van der Waals surface area contributed by atoms with Crippen LogP contribution in [-0.2, 0) is 19.6 Å². The highest BCUT2D eigenvalue weighted by Gasteiger charge is 2.02. The van der Waals surface area contributed by atoms with Crippen LogP contribution in [-0.4, -0.2) is 9.78 Å². The summed E-state index contributed by atoms with van der Waals surface area (Å²) in [5.74, 6) is 0.597. The molecule has 0 radical (unpaired) electrons. The zero-order valence-corrected chi connectivity index (χ0v) is 12.7. The molecule has 1 N–H and O–H groups in total. The SMILES string of the molecule is CC(C)Cn1cc(CNCc2ccc(F)s2)cn1.Cl. The molecule has 0 spiro atoms. The van der Waals surface area contributed by atoms with Gasteiger partial charge in [-0.15, -0.1) is 23.7 Å². The number of hydrogen-bond donors (Lipinski definition) is 1. The van der Waals surface area contributed by atoms with Crippen molar-refractivity contribution in [2.45, 2.75) is 33.5 Å². The Morgan fingerprint density at radius 1 is 1.37 bits per heavy atom. The average molecular weight is 304 g/mol. The summed E-state index contributed by atoms with van der Waals surface area (Å²) in [4.78, 5) is 1.02. The van der Waals surface area contributed by atoms with Crippen LogP contribution in [0.25, 0.3) is 0 Å². The summed E-state index contributed by atoms with van der Waals surface area (Å²) in [6, 6.07) is 3.32. The van der Waals surface area contributed by atoms with Crippen LogP contribution in [0, 0.1) is 11.0 Å². The molecule has 0 saturated heterocycles. The lowest BCUT2D eigenvalue weighted by Gasteiger charge is -2.03. The summed E-state index contributed by atoms with van der Waals surface area (Å²) < 4.78 is 14.7. The van der Waals surface area contributed by atoms with E-state index in [9.17, 15) is 4.39 Å². The Morgan fingerprint density at radius 2 is 2.16 bits per heavy atom. The van der Waals surface area contributed by atoms with E-state index in [4.69, 9.17) is 0 Å². The van der Waals surface area contributed by atoms with Crippen molar-refractivity contribution in [2.75, 3.05) is 0 Å². The molecule has 2 aromatic heterocycles. The molecule has 0 aliphatic carbocycles. The topological polar surface area (TPSA) is 29.9 Å². The standard InChI is InChI=1S/C13H18FN3S.ClH/c1-10(2)8-17-9-11(6-16-17)5-15-7-12-3-4-13(14)18-12;/h3-4,6,9-10,15H,5,7-8H2,1-2H3;1H. The molecule has 0 atom stereocenters. The summed E-state index contributed by atoms with van der Waals surface area (Å²) in [5.41, 5.74) is 1.16. The predicted molar refractivity (Wildman–Crippen MR) is 79.1 cm³/mol. The van der Waals surface area contributed by atoms with Gasteiger partial charge >= 0.3 is 0 Å². The number of thiophene rings is 1. The summed E-state index contributed by atoms with van der Waals surface area (Å²) in [5, 5.41) is 7.47. The van der Waals surface area contributed by atoms with Crippen LogP contribution in [0.3, 0.4) is 0 Å². The van der Waals surface area contributed by atoms with Gasteiger partial charge in [-0.3, -0.25) is 4.68 Å². The van der Waals surface area contributed by atoms with Crippen molar-refractivity contribution >= 4 is 23.7 Å². The zero-order valence-electron chi connectivity index (χ0n) is 11.1. The molecule has 2 heterocycles. The maximum Gasteiger partial charge on any atom is 0.176 e. The Kier molecular flexibility index (Phi) is 6.48. The van der Waals surface area contributed by atoms with Gasteiger partial charge in [0.05, 0.1) is 6.20 Å². The highest BCUT2D eigenvalue weighted by atomic mass is 35.5. The number of nitrogens with zero attached hydrogens (tertiary/aromatic N) is 2. The Morgan fingerprint density at radius 3 is 2.79 bits per heavy atom. The van der Waals surface area contributed by atoms with E-state index in [0.717, 1.165) is 23.5 Å². The second-order valence-electron chi connectivity index (χ2n) is 4.77. The first-order chi connectivity index (χ1) is 8.63. The third kappa shape index (κ3) is 5.30. The normalized spacial score (nSPS) is 10.7. The van der Waals surface area contributed by atoms with Crippen LogP contribution in [0.4, 0.5) is 4.39 Å².